The first kappa shape index (κ1) is 15.7. The molecule has 0 saturated heterocycles. The van der Waals surface area contributed by atoms with Crippen LogP contribution in [0.3, 0.4) is 0 Å². The van der Waals surface area contributed by atoms with E-state index in [2.05, 4.69) is 4.72 Å². The fourth-order valence-electron chi connectivity index (χ4n) is 1.50. The van der Waals surface area contributed by atoms with Gasteiger partial charge >= 0.3 is 0 Å². The van der Waals surface area contributed by atoms with Gasteiger partial charge in [-0.2, -0.15) is 11.8 Å². The number of thioether (sulfide) groups is 1. The third kappa shape index (κ3) is 3.82. The molecule has 0 aliphatic heterocycles. The second-order valence-electron chi connectivity index (χ2n) is 3.82. The summed E-state index contributed by atoms with van der Waals surface area (Å²) >= 11 is 1.50. The summed E-state index contributed by atoms with van der Waals surface area (Å²) in [5.41, 5.74) is 5.41. The quantitative estimate of drug-likeness (QED) is 0.352. The number of nitrogens with zero attached hydrogens (tertiary/aromatic N) is 1. The van der Waals surface area contributed by atoms with E-state index in [-0.39, 0.29) is 17.1 Å². The van der Waals surface area contributed by atoms with Crippen molar-refractivity contribution in [2.45, 2.75) is 11.8 Å². The third-order valence-corrected chi connectivity index (χ3v) is 4.62. The zero-order chi connectivity index (χ0) is 14.6. The molecule has 0 aliphatic rings. The molecule has 0 fully saturated rings. The Bertz CT molecular complexity index is 587. The molecular formula is C10H15N3O4S2. The van der Waals surface area contributed by atoms with Gasteiger partial charge in [-0.1, -0.05) is 0 Å². The van der Waals surface area contributed by atoms with Crippen molar-refractivity contribution in [2.24, 2.45) is 0 Å². The summed E-state index contributed by atoms with van der Waals surface area (Å²) in [6.45, 7) is 1.81. The molecular weight excluding hydrogens is 290 g/mol. The minimum Gasteiger partial charge on any atom is -0.393 e. The van der Waals surface area contributed by atoms with Gasteiger partial charge in [-0.15, -0.1) is 0 Å². The number of rotatable bonds is 6. The zero-order valence-electron chi connectivity index (χ0n) is 10.5. The predicted octanol–water partition coefficient (Wildman–Crippen LogP) is 1.13. The fraction of sp³-hybridized carbons (Fsp3) is 0.400. The largest absolute Gasteiger partial charge is 0.393 e. The average molecular weight is 305 g/mol. The molecule has 0 saturated carbocycles. The minimum atomic E-state index is -3.76. The van der Waals surface area contributed by atoms with E-state index in [1.54, 1.807) is 6.92 Å². The highest BCUT2D eigenvalue weighted by Crippen LogP contribution is 2.28. The van der Waals surface area contributed by atoms with E-state index in [0.717, 1.165) is 6.07 Å². The Kier molecular flexibility index (Phi) is 5.15. The van der Waals surface area contributed by atoms with Gasteiger partial charge in [0.25, 0.3) is 5.69 Å². The van der Waals surface area contributed by atoms with Crippen LogP contribution in [0.25, 0.3) is 0 Å². The van der Waals surface area contributed by atoms with Gasteiger partial charge in [0.15, 0.2) is 0 Å². The van der Waals surface area contributed by atoms with Crippen molar-refractivity contribution in [1.29, 1.82) is 0 Å². The van der Waals surface area contributed by atoms with Gasteiger partial charge in [0.2, 0.25) is 10.0 Å². The maximum atomic E-state index is 12.0. The van der Waals surface area contributed by atoms with Crippen LogP contribution in [0.2, 0.25) is 0 Å². The van der Waals surface area contributed by atoms with Crippen molar-refractivity contribution in [3.63, 3.8) is 0 Å². The Hall–Kier alpha value is -1.32. The average Bonchev–Trinajstić information content (AvgIpc) is 2.28. The van der Waals surface area contributed by atoms with E-state index < -0.39 is 20.6 Å². The fourth-order valence-corrected chi connectivity index (χ4v) is 3.21. The lowest BCUT2D eigenvalue weighted by Gasteiger charge is -2.09. The van der Waals surface area contributed by atoms with Crippen LogP contribution in [0.1, 0.15) is 5.56 Å². The monoisotopic (exact) mass is 305 g/mol. The van der Waals surface area contributed by atoms with Crippen LogP contribution in [0, 0.1) is 17.0 Å². The molecule has 9 heteroatoms. The lowest BCUT2D eigenvalue weighted by Crippen LogP contribution is -2.26. The lowest BCUT2D eigenvalue weighted by atomic mass is 10.2. The first-order valence-corrected chi connectivity index (χ1v) is 8.20. The predicted molar refractivity (Wildman–Crippen MR) is 75.8 cm³/mol. The summed E-state index contributed by atoms with van der Waals surface area (Å²) in [5.74, 6) is 0.620. The highest BCUT2D eigenvalue weighted by atomic mass is 32.2. The minimum absolute atomic E-state index is 0.0504. The molecule has 1 aromatic rings. The maximum Gasteiger partial charge on any atom is 0.293 e. The summed E-state index contributed by atoms with van der Waals surface area (Å²) in [4.78, 5) is 9.96. The van der Waals surface area contributed by atoms with Crippen molar-refractivity contribution in [2.75, 3.05) is 24.3 Å². The number of nitro groups is 1. The van der Waals surface area contributed by atoms with E-state index in [4.69, 9.17) is 5.73 Å². The Morgan fingerprint density at radius 3 is 2.63 bits per heavy atom. The van der Waals surface area contributed by atoms with E-state index >= 15 is 0 Å². The summed E-state index contributed by atoms with van der Waals surface area (Å²) in [6.07, 6.45) is 1.85. The Labute approximate surface area is 115 Å². The number of benzene rings is 1. The topological polar surface area (TPSA) is 115 Å². The van der Waals surface area contributed by atoms with Crippen molar-refractivity contribution in [3.05, 3.63) is 27.8 Å². The molecule has 0 aromatic heterocycles. The molecule has 0 radical (unpaired) electrons. The number of aryl methyl sites for hydroxylation is 1. The highest BCUT2D eigenvalue weighted by molar-refractivity contribution is 7.98. The van der Waals surface area contributed by atoms with Gasteiger partial charge in [0.1, 0.15) is 5.69 Å². The number of hydrogen-bond acceptors (Lipinski definition) is 6. The molecule has 0 atom stereocenters. The number of nitrogens with two attached hydrogens (primary N) is 1. The summed E-state index contributed by atoms with van der Waals surface area (Å²) in [7, 11) is -3.76. The van der Waals surface area contributed by atoms with Crippen LogP contribution in [0.5, 0.6) is 0 Å². The molecule has 1 rings (SSSR count). The summed E-state index contributed by atoms with van der Waals surface area (Å²) in [6, 6.07) is 2.29. The highest BCUT2D eigenvalue weighted by Gasteiger charge is 2.22. The van der Waals surface area contributed by atoms with Crippen molar-refractivity contribution in [3.8, 4) is 0 Å². The molecule has 19 heavy (non-hydrogen) atoms. The van der Waals surface area contributed by atoms with Crippen LogP contribution in [0.15, 0.2) is 17.0 Å². The Morgan fingerprint density at radius 2 is 2.11 bits per heavy atom. The van der Waals surface area contributed by atoms with Gasteiger partial charge in [-0.3, -0.25) is 10.1 Å². The van der Waals surface area contributed by atoms with Crippen molar-refractivity contribution in [1.82, 2.24) is 4.72 Å². The molecule has 0 bridgehead atoms. The van der Waals surface area contributed by atoms with E-state index in [1.807, 2.05) is 6.26 Å². The number of anilines is 1. The molecule has 106 valence electrons. The van der Waals surface area contributed by atoms with Crippen LogP contribution >= 0.6 is 11.8 Å². The van der Waals surface area contributed by atoms with Gasteiger partial charge in [0.05, 0.1) is 9.82 Å². The zero-order valence-corrected chi connectivity index (χ0v) is 12.2. The van der Waals surface area contributed by atoms with Crippen LogP contribution in [-0.4, -0.2) is 31.9 Å². The van der Waals surface area contributed by atoms with Crippen molar-refractivity contribution >= 4 is 33.2 Å². The van der Waals surface area contributed by atoms with Crippen LogP contribution < -0.4 is 10.5 Å². The first-order chi connectivity index (χ1) is 8.79. The lowest BCUT2D eigenvalue weighted by molar-refractivity contribution is -0.384. The third-order valence-electron chi connectivity index (χ3n) is 2.41. The smallest absolute Gasteiger partial charge is 0.293 e. The molecule has 0 spiro atoms. The molecule has 0 amide bonds. The molecule has 7 nitrogen and oxygen atoms in total. The van der Waals surface area contributed by atoms with Gasteiger partial charge in [0, 0.05) is 18.4 Å². The normalized spacial score (nSPS) is 11.5. The molecule has 0 aliphatic carbocycles. The molecule has 0 unspecified atom stereocenters. The number of sulfonamides is 1. The van der Waals surface area contributed by atoms with Gasteiger partial charge in [-0.05, 0) is 24.8 Å². The number of hydrogen-bond donors (Lipinski definition) is 2. The van der Waals surface area contributed by atoms with Crippen molar-refractivity contribution < 1.29 is 13.3 Å². The maximum absolute atomic E-state index is 12.0. The Morgan fingerprint density at radius 1 is 1.47 bits per heavy atom. The van der Waals surface area contributed by atoms with E-state index in [9.17, 15) is 18.5 Å². The second kappa shape index (κ2) is 6.22. The van der Waals surface area contributed by atoms with E-state index in [0.29, 0.717) is 11.3 Å². The summed E-state index contributed by atoms with van der Waals surface area (Å²) < 4.78 is 26.5. The first-order valence-electron chi connectivity index (χ1n) is 5.32. The summed E-state index contributed by atoms with van der Waals surface area (Å²) in [5, 5.41) is 10.8. The van der Waals surface area contributed by atoms with Gasteiger partial charge in [-0.25, -0.2) is 13.1 Å². The van der Waals surface area contributed by atoms with Crippen LogP contribution in [-0.2, 0) is 10.0 Å². The van der Waals surface area contributed by atoms with Gasteiger partial charge < -0.3 is 5.73 Å². The van der Waals surface area contributed by atoms with Crippen LogP contribution in [0.4, 0.5) is 11.4 Å². The number of nitro benzene ring substituents is 1. The number of nitrogen functional groups attached to an aromatic ring is 1. The molecule has 0 heterocycles. The second-order valence-corrected chi connectivity index (χ2v) is 6.55. The van der Waals surface area contributed by atoms with E-state index in [1.165, 1.54) is 17.8 Å². The number of nitrogens with one attached hydrogen (secondary N) is 1. The molecule has 1 aromatic carbocycles. The Balaban J connectivity index is 3.19. The standard InChI is InChI=1S/C10H15N3O4S2/c1-7-5-8(11)9(13(14)15)6-10(7)19(16,17)12-3-4-18-2/h5-6,12H,3-4,11H2,1-2H3. The SMILES string of the molecule is CSCCNS(=O)(=O)c1cc([N+](=O)[O-])c(N)cc1C. The molecule has 3 N–H and O–H groups in total.